The third kappa shape index (κ3) is 6.05. The maximum absolute atomic E-state index is 6.02. The molecule has 0 radical (unpaired) electrons. The summed E-state index contributed by atoms with van der Waals surface area (Å²) in [6.07, 6.45) is 3.55. The normalized spacial score (nSPS) is 16.2. The van der Waals surface area contributed by atoms with E-state index < -0.39 is 0 Å². The molecular formula is C11H26N2. The number of hydrogen-bond acceptors (Lipinski definition) is 2. The van der Waals surface area contributed by atoms with E-state index in [1.165, 1.54) is 12.8 Å². The first kappa shape index (κ1) is 12.9. The molecule has 0 aliphatic heterocycles. The van der Waals surface area contributed by atoms with Gasteiger partial charge in [0, 0.05) is 12.1 Å². The molecule has 80 valence electrons. The zero-order chi connectivity index (χ0) is 10.3. The zero-order valence-electron chi connectivity index (χ0n) is 9.69. The fourth-order valence-corrected chi connectivity index (χ4v) is 1.26. The SMILES string of the molecule is CCC(CC)CNCC(C)(N)CC. The van der Waals surface area contributed by atoms with Crippen LogP contribution in [0.1, 0.15) is 47.0 Å². The third-order valence-corrected chi connectivity index (χ3v) is 2.92. The van der Waals surface area contributed by atoms with Gasteiger partial charge in [0.25, 0.3) is 0 Å². The molecule has 0 saturated heterocycles. The van der Waals surface area contributed by atoms with Gasteiger partial charge in [-0.15, -0.1) is 0 Å². The zero-order valence-corrected chi connectivity index (χ0v) is 9.69. The molecule has 0 saturated carbocycles. The quantitative estimate of drug-likeness (QED) is 0.639. The van der Waals surface area contributed by atoms with Crippen LogP contribution in [-0.2, 0) is 0 Å². The number of hydrogen-bond donors (Lipinski definition) is 2. The van der Waals surface area contributed by atoms with Crippen molar-refractivity contribution in [1.29, 1.82) is 0 Å². The highest BCUT2D eigenvalue weighted by Gasteiger charge is 2.14. The molecule has 0 fully saturated rings. The molecule has 0 aliphatic carbocycles. The molecule has 0 amide bonds. The van der Waals surface area contributed by atoms with Gasteiger partial charge in [-0.3, -0.25) is 0 Å². The van der Waals surface area contributed by atoms with Crippen LogP contribution >= 0.6 is 0 Å². The number of rotatable bonds is 7. The summed E-state index contributed by atoms with van der Waals surface area (Å²) < 4.78 is 0. The first-order valence-electron chi connectivity index (χ1n) is 5.55. The van der Waals surface area contributed by atoms with Crippen LogP contribution in [0.2, 0.25) is 0 Å². The number of nitrogens with two attached hydrogens (primary N) is 1. The van der Waals surface area contributed by atoms with Crippen molar-refractivity contribution in [1.82, 2.24) is 5.32 Å². The average molecular weight is 186 g/mol. The van der Waals surface area contributed by atoms with Gasteiger partial charge >= 0.3 is 0 Å². The van der Waals surface area contributed by atoms with Crippen molar-refractivity contribution in [3.05, 3.63) is 0 Å². The van der Waals surface area contributed by atoms with E-state index in [0.717, 1.165) is 25.4 Å². The number of nitrogens with one attached hydrogen (secondary N) is 1. The van der Waals surface area contributed by atoms with Gasteiger partial charge in [0.05, 0.1) is 0 Å². The monoisotopic (exact) mass is 186 g/mol. The standard InChI is InChI=1S/C11H26N2/c1-5-10(6-2)8-13-9-11(4,12)7-3/h10,13H,5-9,12H2,1-4H3. The Kier molecular flexibility index (Phi) is 6.35. The van der Waals surface area contributed by atoms with Crippen LogP contribution < -0.4 is 11.1 Å². The van der Waals surface area contributed by atoms with Crippen molar-refractivity contribution < 1.29 is 0 Å². The highest BCUT2D eigenvalue weighted by atomic mass is 14.9. The van der Waals surface area contributed by atoms with Crippen LogP contribution in [0.5, 0.6) is 0 Å². The molecule has 1 atom stereocenters. The van der Waals surface area contributed by atoms with Crippen molar-refractivity contribution in [2.24, 2.45) is 11.7 Å². The molecule has 13 heavy (non-hydrogen) atoms. The van der Waals surface area contributed by atoms with Crippen molar-refractivity contribution in [2.45, 2.75) is 52.5 Å². The van der Waals surface area contributed by atoms with Crippen LogP contribution in [0.15, 0.2) is 0 Å². The van der Waals surface area contributed by atoms with E-state index in [1.807, 2.05) is 0 Å². The Morgan fingerprint density at radius 3 is 2.15 bits per heavy atom. The smallest absolute Gasteiger partial charge is 0.0249 e. The first-order chi connectivity index (χ1) is 6.05. The molecule has 0 spiro atoms. The highest BCUT2D eigenvalue weighted by Crippen LogP contribution is 2.07. The van der Waals surface area contributed by atoms with Gasteiger partial charge in [-0.05, 0) is 25.8 Å². The second-order valence-electron chi connectivity index (χ2n) is 4.32. The van der Waals surface area contributed by atoms with Crippen LogP contribution in [0.3, 0.4) is 0 Å². The summed E-state index contributed by atoms with van der Waals surface area (Å²) in [5.74, 6) is 0.813. The Balaban J connectivity index is 3.54. The minimum atomic E-state index is -0.0357. The van der Waals surface area contributed by atoms with E-state index in [1.54, 1.807) is 0 Å². The Morgan fingerprint density at radius 1 is 1.23 bits per heavy atom. The molecule has 0 bridgehead atoms. The van der Waals surface area contributed by atoms with Crippen LogP contribution in [0.4, 0.5) is 0 Å². The van der Waals surface area contributed by atoms with Gasteiger partial charge < -0.3 is 11.1 Å². The molecule has 2 heteroatoms. The van der Waals surface area contributed by atoms with E-state index >= 15 is 0 Å². The van der Waals surface area contributed by atoms with Gasteiger partial charge in [0.1, 0.15) is 0 Å². The fraction of sp³-hybridized carbons (Fsp3) is 1.00. The Bertz CT molecular complexity index is 117. The van der Waals surface area contributed by atoms with Gasteiger partial charge in [0.15, 0.2) is 0 Å². The lowest BCUT2D eigenvalue weighted by Gasteiger charge is -2.24. The first-order valence-corrected chi connectivity index (χ1v) is 5.55. The van der Waals surface area contributed by atoms with Crippen LogP contribution in [0, 0.1) is 5.92 Å². The molecule has 0 aromatic rings. The molecular weight excluding hydrogens is 160 g/mol. The summed E-state index contributed by atoms with van der Waals surface area (Å²) >= 11 is 0. The van der Waals surface area contributed by atoms with Gasteiger partial charge in [0.2, 0.25) is 0 Å². The van der Waals surface area contributed by atoms with Crippen LogP contribution in [-0.4, -0.2) is 18.6 Å². The van der Waals surface area contributed by atoms with E-state index in [2.05, 4.69) is 33.0 Å². The summed E-state index contributed by atoms with van der Waals surface area (Å²) in [6, 6.07) is 0. The molecule has 0 rings (SSSR count). The van der Waals surface area contributed by atoms with Gasteiger partial charge in [-0.25, -0.2) is 0 Å². The Morgan fingerprint density at radius 2 is 1.77 bits per heavy atom. The molecule has 1 unspecified atom stereocenters. The predicted octanol–water partition coefficient (Wildman–Crippen LogP) is 2.14. The van der Waals surface area contributed by atoms with Crippen molar-refractivity contribution >= 4 is 0 Å². The summed E-state index contributed by atoms with van der Waals surface area (Å²) in [7, 11) is 0. The Hall–Kier alpha value is -0.0800. The Labute approximate surface area is 83.3 Å². The van der Waals surface area contributed by atoms with Crippen molar-refractivity contribution in [3.8, 4) is 0 Å². The van der Waals surface area contributed by atoms with E-state index in [-0.39, 0.29) is 5.54 Å². The summed E-state index contributed by atoms with van der Waals surface area (Å²) in [4.78, 5) is 0. The lowest BCUT2D eigenvalue weighted by atomic mass is 9.99. The fourth-order valence-electron chi connectivity index (χ4n) is 1.26. The molecule has 3 N–H and O–H groups in total. The minimum absolute atomic E-state index is 0.0357. The van der Waals surface area contributed by atoms with Crippen molar-refractivity contribution in [3.63, 3.8) is 0 Å². The largest absolute Gasteiger partial charge is 0.324 e. The van der Waals surface area contributed by atoms with E-state index in [9.17, 15) is 0 Å². The van der Waals surface area contributed by atoms with Gasteiger partial charge in [-0.2, -0.15) is 0 Å². The summed E-state index contributed by atoms with van der Waals surface area (Å²) in [5.41, 5.74) is 5.99. The van der Waals surface area contributed by atoms with Crippen molar-refractivity contribution in [2.75, 3.05) is 13.1 Å². The lowest BCUT2D eigenvalue weighted by molar-refractivity contribution is 0.378. The lowest BCUT2D eigenvalue weighted by Crippen LogP contribution is -2.46. The van der Waals surface area contributed by atoms with Gasteiger partial charge in [-0.1, -0.05) is 33.6 Å². The molecule has 0 aliphatic rings. The maximum atomic E-state index is 6.02. The highest BCUT2D eigenvalue weighted by molar-refractivity contribution is 4.79. The second kappa shape index (κ2) is 6.39. The summed E-state index contributed by atoms with van der Waals surface area (Å²) in [5, 5.41) is 3.45. The third-order valence-electron chi connectivity index (χ3n) is 2.92. The minimum Gasteiger partial charge on any atom is -0.324 e. The average Bonchev–Trinajstić information content (AvgIpc) is 2.12. The molecule has 0 heterocycles. The molecule has 0 aromatic heterocycles. The maximum Gasteiger partial charge on any atom is 0.0249 e. The topological polar surface area (TPSA) is 38.0 Å². The van der Waals surface area contributed by atoms with E-state index in [4.69, 9.17) is 5.73 Å². The van der Waals surface area contributed by atoms with E-state index in [0.29, 0.717) is 0 Å². The summed E-state index contributed by atoms with van der Waals surface area (Å²) in [6.45, 7) is 10.8. The predicted molar refractivity (Wildman–Crippen MR) is 59.8 cm³/mol. The second-order valence-corrected chi connectivity index (χ2v) is 4.32. The molecule has 2 nitrogen and oxygen atoms in total. The van der Waals surface area contributed by atoms with Crippen LogP contribution in [0.25, 0.3) is 0 Å². The molecule has 0 aromatic carbocycles.